The zero-order valence-corrected chi connectivity index (χ0v) is 48.1. The number of allylic oxidation sites excluding steroid dienone is 11. The number of carboxylic acid groups (broad SMARTS) is 1. The number of carbonyl (C=O) groups excluding carboxylic acids is 1. The number of terminal acetylenes is 1. The topological polar surface area (TPSA) is 214 Å². The molecule has 2 aliphatic heterocycles. The number of isocyanates is 1. The first-order valence-electron chi connectivity index (χ1n) is 19.8. The molecular formula is C48H101ClN4O8S3. The molecule has 0 radical (unpaired) electrons. The van der Waals surface area contributed by atoms with Gasteiger partial charge in [0.15, 0.2) is 0 Å². The van der Waals surface area contributed by atoms with Crippen LogP contribution >= 0.6 is 36.4 Å². The van der Waals surface area contributed by atoms with E-state index in [4.69, 9.17) is 40.7 Å². The summed E-state index contributed by atoms with van der Waals surface area (Å²) in [5.41, 5.74) is 7.05. The van der Waals surface area contributed by atoms with E-state index in [1.807, 2.05) is 67.5 Å². The maximum atomic E-state index is 9.19. The molecule has 0 aromatic carbocycles. The number of thiol groups is 1. The number of aliphatic carboxylic acids is 1. The van der Waals surface area contributed by atoms with E-state index in [0.29, 0.717) is 17.4 Å². The number of aliphatic imine (C=N–C) groups is 2. The van der Waals surface area contributed by atoms with Gasteiger partial charge >= 0.3 is 0 Å². The summed E-state index contributed by atoms with van der Waals surface area (Å²) in [5, 5.41) is 20.3. The molecule has 2 fully saturated rings. The van der Waals surface area contributed by atoms with Crippen LogP contribution in [0.2, 0.25) is 0 Å². The number of nitrogens with two attached hydrogens (primary N) is 1. The number of ether oxygens (including phenoxy) is 1. The predicted molar refractivity (Wildman–Crippen MR) is 299 cm³/mol. The van der Waals surface area contributed by atoms with Gasteiger partial charge in [-0.3, -0.25) is 9.35 Å². The molecule has 2 aliphatic rings. The Morgan fingerprint density at radius 2 is 1.06 bits per heavy atom. The average Bonchev–Trinajstić information content (AvgIpc) is 4.18. The van der Waals surface area contributed by atoms with E-state index in [-0.39, 0.29) is 0 Å². The number of isothiocyanates is 1. The summed E-state index contributed by atoms with van der Waals surface area (Å²) >= 11 is 12.7. The molecule has 2 heterocycles. The average molecular weight is 994 g/mol. The molecule has 64 heavy (non-hydrogen) atoms. The summed E-state index contributed by atoms with van der Waals surface area (Å²) < 4.78 is 30.6. The molecule has 2 saturated heterocycles. The Balaban J connectivity index is -0.0000000309. The van der Waals surface area contributed by atoms with E-state index < -0.39 is 16.1 Å². The van der Waals surface area contributed by atoms with Gasteiger partial charge in [-0.05, 0) is 135 Å². The van der Waals surface area contributed by atoms with Crippen molar-refractivity contribution in [2.24, 2.45) is 15.7 Å². The number of nitrogens with zero attached hydrogens (tertiary/aromatic N) is 2. The zero-order chi connectivity index (χ0) is 55.4. The number of epoxide rings is 1. The molecule has 0 spiro atoms. The zero-order valence-electron chi connectivity index (χ0n) is 44.8. The Morgan fingerprint density at radius 1 is 0.922 bits per heavy atom. The minimum absolute atomic E-state index is 0.583. The van der Waals surface area contributed by atoms with Crippen molar-refractivity contribution in [2.45, 2.75) is 143 Å². The maximum absolute atomic E-state index is 9.19. The lowest BCUT2D eigenvalue weighted by Gasteiger charge is -1.74. The van der Waals surface area contributed by atoms with Crippen molar-refractivity contribution >= 4 is 63.8 Å². The number of hydrogen-bond donors (Lipinski definition) is 6. The monoisotopic (exact) mass is 993 g/mol. The van der Waals surface area contributed by atoms with Crippen LogP contribution in [0.3, 0.4) is 0 Å². The van der Waals surface area contributed by atoms with Crippen LogP contribution in [0.1, 0.15) is 131 Å². The van der Waals surface area contributed by atoms with Gasteiger partial charge < -0.3 is 26.0 Å². The SMILES string of the molecule is C#CC.C/C=C/C.C/C=C/CC.C/C=C/CC.C=C(C)C.C=C(C)Cl.C=CC.CC(=O)O.CC1CN1.CC1CO1.CC=C(C)C.CN.CN=C=O.CN=C=S.CO.CS.CS(=O)(=O)O. The highest BCUT2D eigenvalue weighted by Gasteiger charge is 2.13. The number of aliphatic hydroxyl groups is 1. The molecule has 12 nitrogen and oxygen atoms in total. The first-order chi connectivity index (χ1) is 29.7. The van der Waals surface area contributed by atoms with Crippen LogP contribution in [0.4, 0.5) is 0 Å². The van der Waals surface area contributed by atoms with Gasteiger partial charge in [-0.25, -0.2) is 14.8 Å². The highest BCUT2D eigenvalue weighted by Crippen LogP contribution is 2.04. The van der Waals surface area contributed by atoms with Gasteiger partial charge in [-0.1, -0.05) is 91.8 Å². The molecule has 6 N–H and O–H groups in total. The fourth-order valence-corrected chi connectivity index (χ4v) is 0.685. The smallest absolute Gasteiger partial charge is 0.300 e. The Labute approximate surface area is 413 Å². The number of carbonyl (C=O) groups is 1. The Hall–Kier alpha value is -3.22. The summed E-state index contributed by atoms with van der Waals surface area (Å²) in [7, 11) is 1.81. The van der Waals surface area contributed by atoms with E-state index in [0.717, 1.165) is 39.5 Å². The largest absolute Gasteiger partial charge is 0.481 e. The molecule has 2 atom stereocenters. The third-order valence-corrected chi connectivity index (χ3v) is 3.33. The van der Waals surface area contributed by atoms with E-state index in [1.54, 1.807) is 33.2 Å². The van der Waals surface area contributed by atoms with E-state index in [9.17, 15) is 8.42 Å². The first-order valence-corrected chi connectivity index (χ1v) is 23.3. The summed E-state index contributed by atoms with van der Waals surface area (Å²) in [4.78, 5) is 24.1. The van der Waals surface area contributed by atoms with Crippen LogP contribution in [-0.2, 0) is 24.4 Å². The van der Waals surface area contributed by atoms with Crippen molar-refractivity contribution < 1.29 is 37.5 Å². The van der Waals surface area contributed by atoms with E-state index in [2.05, 4.69) is 155 Å². The minimum Gasteiger partial charge on any atom is -0.481 e. The maximum Gasteiger partial charge on any atom is 0.300 e. The number of thiocarbonyl (C=S) groups is 1. The van der Waals surface area contributed by atoms with Crippen molar-refractivity contribution in [1.82, 2.24) is 5.32 Å². The van der Waals surface area contributed by atoms with Crippen molar-refractivity contribution in [2.75, 3.05) is 53.9 Å². The molecule has 0 aromatic heterocycles. The van der Waals surface area contributed by atoms with Gasteiger partial charge in [0.05, 0.1) is 24.1 Å². The van der Waals surface area contributed by atoms with E-state index in [1.165, 1.54) is 37.9 Å². The summed E-state index contributed by atoms with van der Waals surface area (Å²) in [6, 6.07) is 0.833. The Bertz CT molecular complexity index is 1110. The fourth-order valence-electron chi connectivity index (χ4n) is 0.685. The first kappa shape index (κ1) is 104. The third kappa shape index (κ3) is 1410. The quantitative estimate of drug-likeness (QED) is 0.0224. The summed E-state index contributed by atoms with van der Waals surface area (Å²) in [6.45, 7) is 45.5. The van der Waals surface area contributed by atoms with Gasteiger partial charge in [-0.15, -0.1) is 25.5 Å². The van der Waals surface area contributed by atoms with Crippen molar-refractivity contribution in [3.05, 3.63) is 84.5 Å². The molecule has 0 aliphatic carbocycles. The summed E-state index contributed by atoms with van der Waals surface area (Å²) in [5.74, 6) is 1.42. The molecule has 0 saturated carbocycles. The van der Waals surface area contributed by atoms with Gasteiger partial charge in [0.1, 0.15) is 0 Å². The fraction of sp³-hybridized carbons (Fsp3) is 0.604. The molecule has 0 amide bonds. The molecule has 0 bridgehead atoms. The highest BCUT2D eigenvalue weighted by molar-refractivity contribution is 7.85. The number of halogens is 1. The molecule has 2 rings (SSSR count). The van der Waals surface area contributed by atoms with Crippen molar-refractivity contribution in [3.63, 3.8) is 0 Å². The lowest BCUT2D eigenvalue weighted by Crippen LogP contribution is -1.88. The number of nitrogens with one attached hydrogen (secondary N) is 1. The predicted octanol–water partition coefficient (Wildman–Crippen LogP) is 13.1. The lowest BCUT2D eigenvalue weighted by molar-refractivity contribution is -0.134. The van der Waals surface area contributed by atoms with Crippen LogP contribution in [-0.4, -0.2) is 106 Å². The number of rotatable bonds is 2. The van der Waals surface area contributed by atoms with Crippen LogP contribution in [0, 0.1) is 12.3 Å². The Kier molecular flexibility index (Phi) is 211. The summed E-state index contributed by atoms with van der Waals surface area (Å²) in [6.07, 6.45) is 27.4. The van der Waals surface area contributed by atoms with Gasteiger partial charge in [-0.2, -0.15) is 21.0 Å². The normalized spacial score (nSPS) is 10.9. The van der Waals surface area contributed by atoms with Crippen molar-refractivity contribution in [3.8, 4) is 12.3 Å². The van der Waals surface area contributed by atoms with Gasteiger partial charge in [0.2, 0.25) is 6.08 Å². The second-order valence-corrected chi connectivity index (χ2v) is 13.2. The number of aliphatic hydroxyl groups excluding tert-OH is 1. The minimum atomic E-state index is -3.67. The highest BCUT2D eigenvalue weighted by atomic mass is 35.5. The van der Waals surface area contributed by atoms with Crippen LogP contribution in [0.5, 0.6) is 0 Å². The Morgan fingerprint density at radius 3 is 1.06 bits per heavy atom. The third-order valence-electron chi connectivity index (χ3n) is 3.15. The van der Waals surface area contributed by atoms with Gasteiger partial charge in [0, 0.05) is 45.7 Å². The number of carboxylic acids is 1. The van der Waals surface area contributed by atoms with Gasteiger partial charge in [0.25, 0.3) is 16.1 Å². The van der Waals surface area contributed by atoms with Crippen LogP contribution < -0.4 is 11.1 Å². The number of hydrogen-bond acceptors (Lipinski definition) is 12. The van der Waals surface area contributed by atoms with E-state index >= 15 is 0 Å². The van der Waals surface area contributed by atoms with Crippen molar-refractivity contribution in [1.29, 1.82) is 0 Å². The molecule has 0 aromatic rings. The molecular weight excluding hydrogens is 892 g/mol. The molecule has 2 unspecified atom stereocenters. The van der Waals surface area contributed by atoms with Crippen LogP contribution in [0.15, 0.2) is 94.5 Å². The molecule has 16 heteroatoms. The standard InChI is InChI=1S/3C5H10.2C4H8.C3H5Cl.C3H7N.C3H6O.C3H6.C3H4.C2H3NO.C2H3NS.C2H4O2.CH5N.CH4O3S.CH4O.CH4S/c1-4-5(2)3;2*1-3-5-4-2;1-4(2)3;1-3-4-2;1-3(2)4;2*1-3-2-4-3;2*1-3-2;2*1-3-2-4;1-2(3)4;1-2;1-5(2,3)4;2*1-2/h4H,1-3H3;2*3,5H,4H2,1-2H3;1H2,2-3H3;3-4H,1-2H3;1H2,2H3;3-4H,2H2,1H3;3H,2H2,1H3;3H,1H2,2H3;1H,2H3;2*1H3;1H3,(H,3,4);2H2,1H3;1H3,(H,2,3,4);2*2H,1H3/b;2*5-3+;;4-3+;;;;;;;;;;;;. The molecule has 386 valence electrons. The second kappa shape index (κ2) is 131. The second-order valence-electron chi connectivity index (χ2n) is 10.9. The van der Waals surface area contributed by atoms with Crippen LogP contribution in [0.25, 0.3) is 0 Å². The lowest BCUT2D eigenvalue weighted by atomic mass is 10.3.